The van der Waals surface area contributed by atoms with Crippen LogP contribution >= 0.6 is 0 Å². The summed E-state index contributed by atoms with van der Waals surface area (Å²) in [5, 5.41) is 3.44. The van der Waals surface area contributed by atoms with E-state index >= 15 is 0 Å². The first-order valence-corrected chi connectivity index (χ1v) is 9.77. The largest absolute Gasteiger partial charge is 0.362 e. The molecule has 0 amide bonds. The van der Waals surface area contributed by atoms with Crippen LogP contribution in [0.3, 0.4) is 0 Å². The Labute approximate surface area is 156 Å². The Morgan fingerprint density at radius 3 is 2.62 bits per heavy atom. The van der Waals surface area contributed by atoms with Gasteiger partial charge in [0.25, 0.3) is 0 Å². The minimum absolute atomic E-state index is 0.767. The Morgan fingerprint density at radius 1 is 1.12 bits per heavy atom. The Hall–Kier alpha value is -2.14. The molecule has 0 unspecified atom stereocenters. The summed E-state index contributed by atoms with van der Waals surface area (Å²) >= 11 is 0. The number of anilines is 2. The lowest BCUT2D eigenvalue weighted by Gasteiger charge is -2.33. The van der Waals surface area contributed by atoms with Crippen LogP contribution in [0.25, 0.3) is 0 Å². The number of nitrogens with zero attached hydrogens (tertiary/aromatic N) is 4. The number of benzene rings is 1. The summed E-state index contributed by atoms with van der Waals surface area (Å²) in [5.41, 5.74) is 3.95. The first kappa shape index (κ1) is 17.3. The predicted molar refractivity (Wildman–Crippen MR) is 107 cm³/mol. The van der Waals surface area contributed by atoms with Gasteiger partial charge in [0.2, 0.25) is 5.95 Å². The molecule has 0 spiro atoms. The third-order valence-corrected chi connectivity index (χ3v) is 5.59. The third kappa shape index (κ3) is 3.68. The number of rotatable bonds is 4. The lowest BCUT2D eigenvalue weighted by Crippen LogP contribution is -2.37. The Bertz CT molecular complexity index is 736. The molecule has 1 aromatic heterocycles. The molecule has 1 aromatic carbocycles. The highest BCUT2D eigenvalue weighted by atomic mass is 15.3. The second-order valence-corrected chi connectivity index (χ2v) is 7.71. The molecule has 3 heterocycles. The molecule has 26 heavy (non-hydrogen) atoms. The average molecular weight is 351 g/mol. The van der Waals surface area contributed by atoms with E-state index in [-0.39, 0.29) is 0 Å². The van der Waals surface area contributed by atoms with Crippen LogP contribution in [0.15, 0.2) is 30.3 Å². The van der Waals surface area contributed by atoms with E-state index < -0.39 is 0 Å². The second-order valence-electron chi connectivity index (χ2n) is 7.71. The molecule has 2 aliphatic heterocycles. The number of aromatic nitrogens is 2. The summed E-state index contributed by atoms with van der Waals surface area (Å²) in [7, 11) is 4.15. The fourth-order valence-corrected chi connectivity index (χ4v) is 4.11. The van der Waals surface area contributed by atoms with E-state index in [0.717, 1.165) is 50.3 Å². The number of hydrogen-bond donors (Lipinski definition) is 1. The normalized spacial score (nSPS) is 17.8. The molecule has 1 N–H and O–H groups in total. The molecule has 0 saturated carbocycles. The molecule has 0 atom stereocenters. The monoisotopic (exact) mass is 351 g/mol. The number of fused-ring (bicyclic) bond motifs is 1. The minimum Gasteiger partial charge on any atom is -0.362 e. The topological polar surface area (TPSA) is 44.3 Å². The molecule has 0 radical (unpaired) electrons. The first-order chi connectivity index (χ1) is 12.7. The van der Waals surface area contributed by atoms with Crippen LogP contribution < -0.4 is 15.1 Å². The smallest absolute Gasteiger partial charge is 0.227 e. The van der Waals surface area contributed by atoms with Crippen molar-refractivity contribution in [2.75, 3.05) is 43.5 Å². The lowest BCUT2D eigenvalue weighted by molar-refractivity contribution is 0.400. The van der Waals surface area contributed by atoms with Gasteiger partial charge in [-0.3, -0.25) is 0 Å². The van der Waals surface area contributed by atoms with Crippen LogP contribution in [0.5, 0.6) is 0 Å². The Morgan fingerprint density at radius 2 is 1.88 bits per heavy atom. The summed E-state index contributed by atoms with van der Waals surface area (Å²) < 4.78 is 0. The van der Waals surface area contributed by atoms with Gasteiger partial charge in [0, 0.05) is 52.3 Å². The molecule has 0 aliphatic carbocycles. The van der Waals surface area contributed by atoms with Crippen molar-refractivity contribution in [1.82, 2.24) is 15.3 Å². The number of hydrogen-bond acceptors (Lipinski definition) is 5. The maximum absolute atomic E-state index is 4.94. The summed E-state index contributed by atoms with van der Waals surface area (Å²) in [5.74, 6) is 2.76. The van der Waals surface area contributed by atoms with Gasteiger partial charge in [0.1, 0.15) is 5.82 Å². The van der Waals surface area contributed by atoms with Crippen molar-refractivity contribution in [2.24, 2.45) is 5.92 Å². The highest BCUT2D eigenvalue weighted by Gasteiger charge is 2.25. The molecule has 5 nitrogen and oxygen atoms in total. The first-order valence-electron chi connectivity index (χ1n) is 9.77. The van der Waals surface area contributed by atoms with Crippen LogP contribution in [0, 0.1) is 5.92 Å². The summed E-state index contributed by atoms with van der Waals surface area (Å²) in [6.45, 7) is 4.00. The van der Waals surface area contributed by atoms with E-state index in [0.29, 0.717) is 0 Å². The quantitative estimate of drug-likeness (QED) is 0.917. The summed E-state index contributed by atoms with van der Waals surface area (Å²) in [4.78, 5) is 14.4. The van der Waals surface area contributed by atoms with Gasteiger partial charge >= 0.3 is 0 Å². The van der Waals surface area contributed by atoms with Crippen molar-refractivity contribution >= 4 is 11.8 Å². The van der Waals surface area contributed by atoms with E-state index in [1.807, 2.05) is 0 Å². The Balaban J connectivity index is 1.46. The van der Waals surface area contributed by atoms with Gasteiger partial charge in [-0.1, -0.05) is 30.3 Å². The van der Waals surface area contributed by atoms with E-state index in [4.69, 9.17) is 9.97 Å². The van der Waals surface area contributed by atoms with Crippen molar-refractivity contribution in [3.8, 4) is 0 Å². The van der Waals surface area contributed by atoms with Crippen molar-refractivity contribution in [2.45, 2.75) is 32.2 Å². The molecular formula is C21H29N5. The van der Waals surface area contributed by atoms with Gasteiger partial charge in [0.05, 0.1) is 5.69 Å². The Kier molecular flexibility index (Phi) is 5.07. The highest BCUT2D eigenvalue weighted by Crippen LogP contribution is 2.28. The van der Waals surface area contributed by atoms with Crippen LogP contribution in [-0.2, 0) is 19.4 Å². The standard InChI is InChI=1S/C21H29N5/c1-25(2)20-18-15-22-11-8-19(18)23-21(24-20)26-12-9-17(10-13-26)14-16-6-4-3-5-7-16/h3-7,17,22H,8-15H2,1-2H3. The fraction of sp³-hybridized carbons (Fsp3) is 0.524. The van der Waals surface area contributed by atoms with Gasteiger partial charge in [0.15, 0.2) is 0 Å². The zero-order chi connectivity index (χ0) is 17.9. The maximum Gasteiger partial charge on any atom is 0.227 e. The van der Waals surface area contributed by atoms with Crippen LogP contribution in [0.1, 0.15) is 29.7 Å². The third-order valence-electron chi connectivity index (χ3n) is 5.59. The van der Waals surface area contributed by atoms with Gasteiger partial charge < -0.3 is 15.1 Å². The van der Waals surface area contributed by atoms with Gasteiger partial charge in [-0.05, 0) is 30.7 Å². The number of piperidine rings is 1. The SMILES string of the molecule is CN(C)c1nc(N2CCC(Cc3ccccc3)CC2)nc2c1CNCC2. The van der Waals surface area contributed by atoms with Crippen molar-refractivity contribution in [3.63, 3.8) is 0 Å². The minimum atomic E-state index is 0.767. The van der Waals surface area contributed by atoms with Gasteiger partial charge in [-0.2, -0.15) is 4.98 Å². The van der Waals surface area contributed by atoms with Crippen molar-refractivity contribution < 1.29 is 0 Å². The van der Waals surface area contributed by atoms with Crippen molar-refractivity contribution in [1.29, 1.82) is 0 Å². The molecule has 138 valence electrons. The molecule has 1 saturated heterocycles. The van der Waals surface area contributed by atoms with E-state index in [9.17, 15) is 0 Å². The van der Waals surface area contributed by atoms with Crippen molar-refractivity contribution in [3.05, 3.63) is 47.2 Å². The van der Waals surface area contributed by atoms with E-state index in [2.05, 4.69) is 59.5 Å². The molecule has 2 aliphatic rings. The highest BCUT2D eigenvalue weighted by molar-refractivity contribution is 5.53. The predicted octanol–water partition coefficient (Wildman–Crippen LogP) is 2.65. The van der Waals surface area contributed by atoms with Gasteiger partial charge in [-0.25, -0.2) is 4.98 Å². The molecule has 5 heteroatoms. The van der Waals surface area contributed by atoms with Crippen LogP contribution in [0.4, 0.5) is 11.8 Å². The zero-order valence-electron chi connectivity index (χ0n) is 15.9. The van der Waals surface area contributed by atoms with E-state index in [1.165, 1.54) is 36.1 Å². The molecule has 1 fully saturated rings. The van der Waals surface area contributed by atoms with Crippen LogP contribution in [0.2, 0.25) is 0 Å². The molecule has 4 rings (SSSR count). The average Bonchev–Trinajstić information content (AvgIpc) is 2.68. The van der Waals surface area contributed by atoms with Crippen LogP contribution in [-0.4, -0.2) is 43.7 Å². The maximum atomic E-state index is 4.94. The summed E-state index contributed by atoms with van der Waals surface area (Å²) in [6, 6.07) is 10.9. The van der Waals surface area contributed by atoms with Gasteiger partial charge in [-0.15, -0.1) is 0 Å². The van der Waals surface area contributed by atoms with E-state index in [1.54, 1.807) is 0 Å². The second kappa shape index (κ2) is 7.62. The molecule has 0 bridgehead atoms. The zero-order valence-corrected chi connectivity index (χ0v) is 15.9. The fourth-order valence-electron chi connectivity index (χ4n) is 4.11. The lowest BCUT2D eigenvalue weighted by atomic mass is 9.90. The summed E-state index contributed by atoms with van der Waals surface area (Å²) in [6.07, 6.45) is 4.62. The molecular weight excluding hydrogens is 322 g/mol. The molecule has 2 aromatic rings. The number of nitrogens with one attached hydrogen (secondary N) is 1.